The summed E-state index contributed by atoms with van der Waals surface area (Å²) < 4.78 is 0.875. The van der Waals surface area contributed by atoms with Gasteiger partial charge in [0, 0.05) is 0 Å². The van der Waals surface area contributed by atoms with Gasteiger partial charge in [0.15, 0.2) is 0 Å². The maximum absolute atomic E-state index is 2.58. The Balaban J connectivity index is -0.0000000621. The van der Waals surface area contributed by atoms with Crippen molar-refractivity contribution in [1.82, 2.24) is 0 Å². The van der Waals surface area contributed by atoms with Gasteiger partial charge in [0.1, 0.15) is 0 Å². The van der Waals surface area contributed by atoms with Crippen molar-refractivity contribution < 1.29 is 0 Å². The van der Waals surface area contributed by atoms with Crippen molar-refractivity contribution >= 4 is 70.9 Å². The summed E-state index contributed by atoms with van der Waals surface area (Å²) in [6.45, 7) is 17.3. The van der Waals surface area contributed by atoms with Crippen LogP contribution in [0.25, 0.3) is 0 Å². The summed E-state index contributed by atoms with van der Waals surface area (Å²) in [6, 6.07) is 0. The summed E-state index contributed by atoms with van der Waals surface area (Å²) in [6.07, 6.45) is 0. The Morgan fingerprint density at radius 3 is 0.688 bits per heavy atom. The van der Waals surface area contributed by atoms with Gasteiger partial charge < -0.3 is 0 Å². The summed E-state index contributed by atoms with van der Waals surface area (Å²) in [5.74, 6) is 0. The first kappa shape index (κ1) is 26.9. The third-order valence-corrected chi connectivity index (χ3v) is 0. The van der Waals surface area contributed by atoms with Crippen LogP contribution in [0.15, 0.2) is 0 Å². The van der Waals surface area contributed by atoms with Gasteiger partial charge in [-0.15, -0.1) is 0 Å². The molecule has 16 heavy (non-hydrogen) atoms. The molecule has 0 atom stereocenters. The van der Waals surface area contributed by atoms with Crippen LogP contribution in [0, 0.1) is 0 Å². The molecule has 0 bridgehead atoms. The monoisotopic (exact) mass is 460 g/mol. The Kier molecular flexibility index (Phi) is 29.2. The molecule has 0 aromatic heterocycles. The second-order valence-electron chi connectivity index (χ2n) is 5.16. The summed E-state index contributed by atoms with van der Waals surface area (Å²) in [4.78, 5) is 2.62. The van der Waals surface area contributed by atoms with E-state index in [1.54, 1.807) is 37.2 Å². The third-order valence-electron chi connectivity index (χ3n) is 0. The van der Waals surface area contributed by atoms with Crippen LogP contribution in [0.1, 0.15) is 55.4 Å². The fourth-order valence-corrected chi connectivity index (χ4v) is 0. The van der Waals surface area contributed by atoms with Crippen molar-refractivity contribution in [1.29, 1.82) is 0 Å². The van der Waals surface area contributed by atoms with Crippen LogP contribution in [-0.4, -0.2) is 70.9 Å². The molecule has 0 unspecified atom stereocenters. The third kappa shape index (κ3) is 680. The minimum absolute atomic E-state index is 0.438. The van der Waals surface area contributed by atoms with E-state index < -0.39 is 0 Å². The van der Waals surface area contributed by atoms with Crippen LogP contribution >= 0.6 is 0 Å². The molecule has 0 aliphatic carbocycles. The predicted octanol–water partition coefficient (Wildman–Crippen LogP) is 3.93. The number of hydrogen-bond acceptors (Lipinski definition) is 0. The van der Waals surface area contributed by atoms with Crippen LogP contribution in [0.5, 0.6) is 0 Å². The van der Waals surface area contributed by atoms with Crippen LogP contribution in [0.4, 0.5) is 0 Å². The first-order valence-electron chi connectivity index (χ1n) is 5.68. The molecule has 0 rings (SSSR count). The van der Waals surface area contributed by atoms with Gasteiger partial charge in [0.05, 0.1) is 0 Å². The molecule has 92 valence electrons. The van der Waals surface area contributed by atoms with Gasteiger partial charge in [0.25, 0.3) is 0 Å². The van der Waals surface area contributed by atoms with Crippen molar-refractivity contribution in [3.8, 4) is 0 Å². The Morgan fingerprint density at radius 2 is 0.688 bits per heavy atom. The van der Waals surface area contributed by atoms with Gasteiger partial charge in [-0.2, -0.15) is 0 Å². The first-order valence-corrected chi connectivity index (χ1v) is 11.0. The zero-order valence-electron chi connectivity index (χ0n) is 12.5. The van der Waals surface area contributed by atoms with Gasteiger partial charge in [0.2, 0.25) is 0 Å². The SMILES string of the molecule is CC(C)(C)[As].CC(C)(C)[As].C[CH2][Ga].C[CH2][Ga]. The van der Waals surface area contributed by atoms with Gasteiger partial charge in [-0.3, -0.25) is 0 Å². The molecule has 0 saturated heterocycles. The molecular formula is C12H28As2Ga2. The van der Waals surface area contributed by atoms with E-state index in [1.807, 2.05) is 0 Å². The van der Waals surface area contributed by atoms with Crippen molar-refractivity contribution in [3.05, 3.63) is 0 Å². The molecule has 0 aliphatic heterocycles. The van der Waals surface area contributed by atoms with Crippen molar-refractivity contribution in [2.75, 3.05) is 0 Å². The Labute approximate surface area is 143 Å². The normalized spacial score (nSPS) is 9.62. The van der Waals surface area contributed by atoms with E-state index in [-0.39, 0.29) is 0 Å². The van der Waals surface area contributed by atoms with E-state index in [4.69, 9.17) is 0 Å². The fraction of sp³-hybridized carbons (Fsp3) is 1.00. The average Bonchev–Trinajstić information content (AvgIpc) is 1.79. The zero-order chi connectivity index (χ0) is 14.4. The van der Waals surface area contributed by atoms with Gasteiger partial charge in [-0.25, -0.2) is 0 Å². The van der Waals surface area contributed by atoms with Gasteiger partial charge in [-0.1, -0.05) is 0 Å². The van der Waals surface area contributed by atoms with Gasteiger partial charge in [-0.05, 0) is 0 Å². The molecule has 8 radical (unpaired) electrons. The van der Waals surface area contributed by atoms with E-state index in [9.17, 15) is 0 Å². The van der Waals surface area contributed by atoms with Crippen molar-refractivity contribution in [2.45, 2.75) is 73.7 Å². The molecule has 0 heterocycles. The predicted molar refractivity (Wildman–Crippen MR) is 83.4 cm³/mol. The molecule has 0 amide bonds. The van der Waals surface area contributed by atoms with Crippen LogP contribution in [0.2, 0.25) is 18.4 Å². The summed E-state index contributed by atoms with van der Waals surface area (Å²) >= 11 is 8.74. The first-order chi connectivity index (χ1) is 6.83. The van der Waals surface area contributed by atoms with E-state index in [1.165, 1.54) is 9.95 Å². The number of hydrogen-bond donors (Lipinski definition) is 0. The van der Waals surface area contributed by atoms with Crippen LogP contribution < -0.4 is 0 Å². The molecule has 0 aromatic carbocycles. The Morgan fingerprint density at radius 1 is 0.688 bits per heavy atom. The standard InChI is InChI=1S/2C4H9As.2C2H5.2Ga/c2*1-4(2,3)5;2*1-2;;/h2*1-3H3;2*1H2,2H3;;. The topological polar surface area (TPSA) is 0 Å². The molecule has 0 nitrogen and oxygen atoms in total. The van der Waals surface area contributed by atoms with Crippen molar-refractivity contribution in [3.63, 3.8) is 0 Å². The summed E-state index contributed by atoms with van der Waals surface area (Å²) in [5.41, 5.74) is 0. The van der Waals surface area contributed by atoms with E-state index in [0.29, 0.717) is 8.41 Å². The quantitative estimate of drug-likeness (QED) is 0.480. The Hall–Kier alpha value is 2.39. The molecule has 0 aliphatic rings. The van der Waals surface area contributed by atoms with Crippen LogP contribution in [-0.2, 0) is 0 Å². The zero-order valence-corrected chi connectivity index (χ0v) is 21.1. The molecule has 4 heteroatoms. The van der Waals surface area contributed by atoms with Crippen molar-refractivity contribution in [2.24, 2.45) is 0 Å². The summed E-state index contributed by atoms with van der Waals surface area (Å²) in [5, 5.41) is 0. The van der Waals surface area contributed by atoms with E-state index >= 15 is 0 Å². The van der Waals surface area contributed by atoms with Gasteiger partial charge >= 0.3 is 145 Å². The Bertz CT molecular complexity index is 78.6. The molecule has 0 N–H and O–H groups in total. The number of rotatable bonds is 0. The molecular weight excluding hydrogens is 433 g/mol. The molecule has 0 aromatic rings. The second kappa shape index (κ2) is 17.4. The second-order valence-corrected chi connectivity index (χ2v) is 14.2. The molecule has 0 spiro atoms. The fourth-order valence-electron chi connectivity index (χ4n) is 0. The van der Waals surface area contributed by atoms with E-state index in [0.717, 1.165) is 0 Å². The molecule has 0 saturated carbocycles. The summed E-state index contributed by atoms with van der Waals surface area (Å²) in [7, 11) is 0. The average molecular weight is 462 g/mol. The minimum atomic E-state index is 0.438. The molecule has 0 fully saturated rings. The van der Waals surface area contributed by atoms with Crippen LogP contribution in [0.3, 0.4) is 0 Å². The van der Waals surface area contributed by atoms with E-state index in [2.05, 4.69) is 89.1 Å². The maximum atomic E-state index is 2.58.